The van der Waals surface area contributed by atoms with Gasteiger partial charge in [0.2, 0.25) is 0 Å². The van der Waals surface area contributed by atoms with Crippen LogP contribution in [0.1, 0.15) is 106 Å². The molecule has 26 atom stereocenters. The molecular formula is C48H82O19. The smallest absolute Gasteiger partial charge is 0.187 e. The summed E-state index contributed by atoms with van der Waals surface area (Å²) in [5, 5.41) is 140. The van der Waals surface area contributed by atoms with Gasteiger partial charge in [-0.15, -0.1) is 0 Å². The molecular weight excluding hydrogens is 881 g/mol. The molecule has 0 aromatic carbocycles. The van der Waals surface area contributed by atoms with Crippen molar-refractivity contribution in [2.75, 3.05) is 19.8 Å². The lowest BCUT2D eigenvalue weighted by Gasteiger charge is -2.71. The number of aliphatic hydroxyl groups is 13. The molecule has 19 heteroatoms. The Balaban J connectivity index is 1.13. The summed E-state index contributed by atoms with van der Waals surface area (Å²) in [6.07, 6.45) is -19.9. The maximum absolute atomic E-state index is 12.7. The molecule has 0 aromatic heterocycles. The highest BCUT2D eigenvalue weighted by molar-refractivity contribution is 5.20. The van der Waals surface area contributed by atoms with Crippen molar-refractivity contribution in [1.29, 1.82) is 0 Å². The van der Waals surface area contributed by atoms with Crippen molar-refractivity contribution >= 4 is 0 Å². The van der Waals surface area contributed by atoms with Crippen LogP contribution in [0.5, 0.6) is 0 Å². The van der Waals surface area contributed by atoms with Crippen molar-refractivity contribution in [3.8, 4) is 0 Å². The zero-order chi connectivity index (χ0) is 49.5. The number of hydrogen-bond acceptors (Lipinski definition) is 19. The average molecular weight is 963 g/mol. The van der Waals surface area contributed by atoms with Crippen LogP contribution in [-0.4, -0.2) is 202 Å². The quantitative estimate of drug-likeness (QED) is 0.0729. The molecule has 388 valence electrons. The predicted molar refractivity (Wildman–Crippen MR) is 235 cm³/mol. The summed E-state index contributed by atoms with van der Waals surface area (Å²) in [5.41, 5.74) is -2.06. The number of rotatable bonds is 14. The SMILES string of the molecule is C=C(C)[C@@H](O)CC[C@](C)(O[C@@H]1O[C@H](CO)[C@@H](O)[C@H](O)[C@H]1O)[C@H]1CC[C@]2(C)[C@@H]1[C@@H](O)C[C@@H]1[C@@]3(C)CC[C@@H](O[C@@H]4O[C@H](CO)[C@@H](O)[C@H](O)[C@H]4O[C@@H]4O[C@H](CO)[C@@H](O)[C@H](O)[C@H]4O)C(C)(C)[C@@H]3CC[C@]12C. The molecule has 3 heterocycles. The third kappa shape index (κ3) is 9.03. The van der Waals surface area contributed by atoms with Crippen LogP contribution in [0.2, 0.25) is 0 Å². The van der Waals surface area contributed by atoms with Crippen LogP contribution in [0.3, 0.4) is 0 Å². The summed E-state index contributed by atoms with van der Waals surface area (Å²) >= 11 is 0. The van der Waals surface area contributed by atoms with Gasteiger partial charge in [-0.1, -0.05) is 46.8 Å². The first-order valence-electron chi connectivity index (χ1n) is 24.5. The summed E-state index contributed by atoms with van der Waals surface area (Å²) in [6, 6.07) is 0. The van der Waals surface area contributed by atoms with Crippen LogP contribution in [0, 0.1) is 45.3 Å². The van der Waals surface area contributed by atoms with E-state index in [9.17, 15) is 66.4 Å². The minimum absolute atomic E-state index is 0.0563. The van der Waals surface area contributed by atoms with E-state index in [2.05, 4.69) is 41.2 Å². The van der Waals surface area contributed by atoms with E-state index in [4.69, 9.17) is 28.4 Å². The highest BCUT2D eigenvalue weighted by atomic mass is 16.8. The van der Waals surface area contributed by atoms with E-state index in [1.54, 1.807) is 6.92 Å². The highest BCUT2D eigenvalue weighted by Gasteiger charge is 2.72. The molecule has 4 saturated carbocycles. The molecule has 7 rings (SSSR count). The van der Waals surface area contributed by atoms with Gasteiger partial charge in [0.05, 0.1) is 43.7 Å². The third-order valence-electron chi connectivity index (χ3n) is 19.1. The van der Waals surface area contributed by atoms with Gasteiger partial charge in [-0.2, -0.15) is 0 Å². The second kappa shape index (κ2) is 19.8. The van der Waals surface area contributed by atoms with Crippen molar-refractivity contribution < 1.29 is 94.8 Å². The maximum Gasteiger partial charge on any atom is 0.187 e. The summed E-state index contributed by atoms with van der Waals surface area (Å²) in [6.45, 7) is 16.8. The second-order valence-electron chi connectivity index (χ2n) is 23.0. The molecule has 19 nitrogen and oxygen atoms in total. The van der Waals surface area contributed by atoms with Crippen LogP contribution in [0.25, 0.3) is 0 Å². The molecule has 3 aliphatic heterocycles. The molecule has 0 unspecified atom stereocenters. The second-order valence-corrected chi connectivity index (χ2v) is 23.0. The molecule has 7 fully saturated rings. The summed E-state index contributed by atoms with van der Waals surface area (Å²) in [7, 11) is 0. The maximum atomic E-state index is 12.7. The Bertz CT molecular complexity index is 1700. The molecule has 0 bridgehead atoms. The lowest BCUT2D eigenvalue weighted by Crippen LogP contribution is -2.68. The third-order valence-corrected chi connectivity index (χ3v) is 19.1. The number of aliphatic hydroxyl groups excluding tert-OH is 13. The standard InChI is InChI=1S/C48H82O19/c1-21(2)23(52)10-16-48(8,67-42-39(61)36(58)33(55)26(19-50)63-42)22-9-14-47(7)31(22)24(53)17-29-45(5)13-12-30(44(3,4)28(45)11-15-46(29,47)6)65-43-40(37(59)34(56)27(20-51)64-43)66-41-38(60)35(57)32(54)25(18-49)62-41/h22-43,49-61H,1,9-20H2,2-8H3/t22-,23-,24-,25+,26+,27+,28-,29+,30+,31-,32+,33+,34+,35-,36-,37-,38+,39+,40+,41-,42-,43-,45-,46+,47+,48-/m0/s1. The fraction of sp³-hybridized carbons (Fsp3) is 0.958. The first kappa shape index (κ1) is 53.8. The Morgan fingerprint density at radius 1 is 0.642 bits per heavy atom. The van der Waals surface area contributed by atoms with Gasteiger partial charge < -0.3 is 94.8 Å². The average Bonchev–Trinajstić information content (AvgIpc) is 3.67. The summed E-state index contributed by atoms with van der Waals surface area (Å²) < 4.78 is 37.1. The van der Waals surface area contributed by atoms with E-state index in [0.29, 0.717) is 37.7 Å². The predicted octanol–water partition coefficient (Wildman–Crippen LogP) is -1.06. The van der Waals surface area contributed by atoms with Crippen LogP contribution < -0.4 is 0 Å². The van der Waals surface area contributed by atoms with Crippen molar-refractivity contribution in [2.45, 2.75) is 222 Å². The van der Waals surface area contributed by atoms with Crippen LogP contribution in [-0.2, 0) is 28.4 Å². The van der Waals surface area contributed by atoms with Crippen LogP contribution in [0.4, 0.5) is 0 Å². The molecule has 0 radical (unpaired) electrons. The normalized spacial score (nSPS) is 52.3. The zero-order valence-corrected chi connectivity index (χ0v) is 40.2. The molecule has 13 N–H and O–H groups in total. The van der Waals surface area contributed by atoms with Gasteiger partial charge in [0.25, 0.3) is 0 Å². The minimum Gasteiger partial charge on any atom is -0.394 e. The first-order chi connectivity index (χ1) is 31.3. The van der Waals surface area contributed by atoms with Gasteiger partial charge in [-0.05, 0) is 117 Å². The first-order valence-corrected chi connectivity index (χ1v) is 24.5. The van der Waals surface area contributed by atoms with Gasteiger partial charge in [-0.3, -0.25) is 0 Å². The van der Waals surface area contributed by atoms with E-state index in [1.165, 1.54) is 0 Å². The largest absolute Gasteiger partial charge is 0.394 e. The lowest BCUT2D eigenvalue weighted by atomic mass is 9.35. The molecule has 0 spiro atoms. The molecule has 3 saturated heterocycles. The van der Waals surface area contributed by atoms with Crippen LogP contribution in [0.15, 0.2) is 12.2 Å². The fourth-order valence-electron chi connectivity index (χ4n) is 14.9. The minimum atomic E-state index is -1.80. The van der Waals surface area contributed by atoms with E-state index in [1.807, 2.05) is 6.92 Å². The van der Waals surface area contributed by atoms with E-state index < -0.39 is 147 Å². The molecule has 4 aliphatic carbocycles. The summed E-state index contributed by atoms with van der Waals surface area (Å²) in [5.74, 6) is -0.446. The Kier molecular flexibility index (Phi) is 15.9. The number of ether oxygens (including phenoxy) is 6. The fourth-order valence-corrected chi connectivity index (χ4v) is 14.9. The highest BCUT2D eigenvalue weighted by Crippen LogP contribution is 2.76. The van der Waals surface area contributed by atoms with Crippen molar-refractivity contribution in [3.63, 3.8) is 0 Å². The molecule has 7 aliphatic rings. The van der Waals surface area contributed by atoms with Gasteiger partial charge in [0, 0.05) is 0 Å². The van der Waals surface area contributed by atoms with Crippen LogP contribution >= 0.6 is 0 Å². The van der Waals surface area contributed by atoms with E-state index >= 15 is 0 Å². The van der Waals surface area contributed by atoms with Gasteiger partial charge in [-0.25, -0.2) is 0 Å². The van der Waals surface area contributed by atoms with E-state index in [0.717, 1.165) is 19.3 Å². The van der Waals surface area contributed by atoms with Crippen molar-refractivity contribution in [2.24, 2.45) is 45.3 Å². The lowest BCUT2D eigenvalue weighted by molar-refractivity contribution is -0.378. The number of hydrogen-bond donors (Lipinski definition) is 13. The summed E-state index contributed by atoms with van der Waals surface area (Å²) in [4.78, 5) is 0. The molecule has 67 heavy (non-hydrogen) atoms. The topological polar surface area (TPSA) is 318 Å². The Hall–Kier alpha value is -1.02. The van der Waals surface area contributed by atoms with Crippen molar-refractivity contribution in [1.82, 2.24) is 0 Å². The van der Waals surface area contributed by atoms with Gasteiger partial charge in [0.1, 0.15) is 73.2 Å². The molecule has 0 amide bonds. The van der Waals surface area contributed by atoms with Gasteiger partial charge in [0.15, 0.2) is 18.9 Å². The Morgan fingerprint density at radius 3 is 1.73 bits per heavy atom. The number of fused-ring (bicyclic) bond motifs is 5. The molecule has 0 aromatic rings. The van der Waals surface area contributed by atoms with Gasteiger partial charge >= 0.3 is 0 Å². The monoisotopic (exact) mass is 963 g/mol. The zero-order valence-electron chi connectivity index (χ0n) is 40.2. The van der Waals surface area contributed by atoms with E-state index in [-0.39, 0.29) is 40.9 Å². The van der Waals surface area contributed by atoms with Crippen molar-refractivity contribution in [3.05, 3.63) is 12.2 Å². The Morgan fingerprint density at radius 2 is 1.16 bits per heavy atom. The Labute approximate surface area is 393 Å².